The molecule has 1 aromatic carbocycles. The quantitative estimate of drug-likeness (QED) is 0.830. The van der Waals surface area contributed by atoms with Crippen molar-refractivity contribution >= 4 is 22.9 Å². The molecule has 0 atom stereocenters. The number of hydrogen-bond acceptors (Lipinski definition) is 6. The summed E-state index contributed by atoms with van der Waals surface area (Å²) in [5.41, 5.74) is 2.36. The van der Waals surface area contributed by atoms with E-state index in [2.05, 4.69) is 25.9 Å². The first kappa shape index (κ1) is 15.7. The van der Waals surface area contributed by atoms with E-state index in [1.807, 2.05) is 45.0 Å². The van der Waals surface area contributed by atoms with E-state index in [0.717, 1.165) is 16.9 Å². The number of hydrogen-bond donors (Lipinski definition) is 2. The number of rotatable bonds is 4. The van der Waals surface area contributed by atoms with E-state index in [9.17, 15) is 10.1 Å². The molecule has 1 amide bonds. The molecule has 1 aliphatic rings. The summed E-state index contributed by atoms with van der Waals surface area (Å²) in [7, 11) is 0. The van der Waals surface area contributed by atoms with Gasteiger partial charge in [0.15, 0.2) is 0 Å². The van der Waals surface area contributed by atoms with Crippen LogP contribution in [0.15, 0.2) is 24.4 Å². The van der Waals surface area contributed by atoms with Gasteiger partial charge in [-0.05, 0) is 49.7 Å². The number of amides is 1. The predicted octanol–water partition coefficient (Wildman–Crippen LogP) is 1.82. The lowest BCUT2D eigenvalue weighted by Crippen LogP contribution is -2.35. The highest BCUT2D eigenvalue weighted by molar-refractivity contribution is 6.07. The summed E-state index contributed by atoms with van der Waals surface area (Å²) in [5.74, 6) is 0.316. The van der Waals surface area contributed by atoms with Crippen molar-refractivity contribution in [3.8, 4) is 6.07 Å². The van der Waals surface area contributed by atoms with Gasteiger partial charge in [0.1, 0.15) is 11.6 Å². The highest BCUT2D eigenvalue weighted by atomic mass is 16.2. The molecule has 1 aliphatic heterocycles. The minimum absolute atomic E-state index is 0.0946. The Hall–Kier alpha value is -3.21. The molecule has 8 nitrogen and oxygen atoms in total. The lowest BCUT2D eigenvalue weighted by atomic mass is 9.86. The van der Waals surface area contributed by atoms with Crippen LogP contribution in [0.3, 0.4) is 0 Å². The number of carbonyl (C=O) groups is 1. The van der Waals surface area contributed by atoms with E-state index >= 15 is 0 Å². The molecule has 0 fully saturated rings. The summed E-state index contributed by atoms with van der Waals surface area (Å²) >= 11 is 0. The molecule has 2 heterocycles. The number of nitriles is 1. The first-order valence-corrected chi connectivity index (χ1v) is 7.56. The second-order valence-corrected chi connectivity index (χ2v) is 5.96. The van der Waals surface area contributed by atoms with Gasteiger partial charge in [-0.1, -0.05) is 0 Å². The number of benzene rings is 1. The third-order valence-corrected chi connectivity index (χ3v) is 4.15. The minimum Gasteiger partial charge on any atom is -0.360 e. The van der Waals surface area contributed by atoms with E-state index in [0.29, 0.717) is 6.54 Å². The summed E-state index contributed by atoms with van der Waals surface area (Å²) in [6, 6.07) is 7.74. The lowest BCUT2D eigenvalue weighted by Gasteiger charge is -2.18. The number of aromatic amines is 1. The van der Waals surface area contributed by atoms with Gasteiger partial charge in [-0.2, -0.15) is 10.5 Å². The standard InChI is InChI=1S/C16H17N7O/c1-4-23-13-6-5-11(7-12(13)16(2,3)15(23)24)18-9-10(8-17)14-19-21-22-20-14/h5-7,9,18H,4H2,1-3H3,(H,19,20,21,22). The average Bonchev–Trinajstić information content (AvgIpc) is 3.16. The highest BCUT2D eigenvalue weighted by Crippen LogP contribution is 2.42. The highest BCUT2D eigenvalue weighted by Gasteiger charge is 2.43. The molecule has 1 aromatic heterocycles. The van der Waals surface area contributed by atoms with Gasteiger partial charge < -0.3 is 10.2 Å². The number of H-pyrrole nitrogens is 1. The zero-order valence-electron chi connectivity index (χ0n) is 13.7. The first-order chi connectivity index (χ1) is 11.5. The molecule has 3 rings (SSSR count). The molecule has 8 heteroatoms. The second-order valence-electron chi connectivity index (χ2n) is 5.96. The van der Waals surface area contributed by atoms with Gasteiger partial charge in [0.05, 0.1) is 5.41 Å². The van der Waals surface area contributed by atoms with Crippen LogP contribution >= 0.6 is 0 Å². The van der Waals surface area contributed by atoms with Gasteiger partial charge in [-0.15, -0.1) is 10.2 Å². The predicted molar refractivity (Wildman–Crippen MR) is 88.9 cm³/mol. The maximum atomic E-state index is 12.5. The summed E-state index contributed by atoms with van der Waals surface area (Å²) in [4.78, 5) is 14.3. The number of likely N-dealkylation sites (N-methyl/N-ethyl adjacent to an activating group) is 1. The van der Waals surface area contributed by atoms with Crippen molar-refractivity contribution < 1.29 is 4.79 Å². The molecule has 0 saturated carbocycles. The fourth-order valence-electron chi connectivity index (χ4n) is 2.82. The molecular formula is C16H17N7O. The van der Waals surface area contributed by atoms with E-state index in [1.165, 1.54) is 6.20 Å². The molecule has 0 saturated heterocycles. The molecule has 122 valence electrons. The van der Waals surface area contributed by atoms with Crippen molar-refractivity contribution in [2.24, 2.45) is 0 Å². The molecule has 0 aliphatic carbocycles. The fourth-order valence-corrected chi connectivity index (χ4v) is 2.82. The smallest absolute Gasteiger partial charge is 0.237 e. The molecule has 0 unspecified atom stereocenters. The first-order valence-electron chi connectivity index (χ1n) is 7.56. The van der Waals surface area contributed by atoms with Gasteiger partial charge in [0.2, 0.25) is 11.7 Å². The van der Waals surface area contributed by atoms with E-state index in [-0.39, 0.29) is 17.3 Å². The number of aromatic nitrogens is 4. The van der Waals surface area contributed by atoms with E-state index in [4.69, 9.17) is 0 Å². The van der Waals surface area contributed by atoms with Gasteiger partial charge >= 0.3 is 0 Å². The maximum Gasteiger partial charge on any atom is 0.237 e. The average molecular weight is 323 g/mol. The van der Waals surface area contributed by atoms with Gasteiger partial charge in [0.25, 0.3) is 0 Å². The Bertz CT molecular complexity index is 846. The van der Waals surface area contributed by atoms with Crippen LogP contribution in [0, 0.1) is 11.3 Å². The number of allylic oxidation sites excluding steroid dienone is 1. The Morgan fingerprint density at radius 3 is 2.92 bits per heavy atom. The Balaban J connectivity index is 1.92. The Morgan fingerprint density at radius 2 is 2.29 bits per heavy atom. The Labute approximate surface area is 139 Å². The van der Waals surface area contributed by atoms with Crippen molar-refractivity contribution in [3.63, 3.8) is 0 Å². The molecule has 2 N–H and O–H groups in total. The maximum absolute atomic E-state index is 12.5. The van der Waals surface area contributed by atoms with Crippen LogP contribution in [-0.2, 0) is 10.2 Å². The van der Waals surface area contributed by atoms with Crippen molar-refractivity contribution in [3.05, 3.63) is 35.8 Å². The monoisotopic (exact) mass is 323 g/mol. The van der Waals surface area contributed by atoms with Crippen molar-refractivity contribution in [1.29, 1.82) is 5.26 Å². The second kappa shape index (κ2) is 5.77. The number of anilines is 2. The summed E-state index contributed by atoms with van der Waals surface area (Å²) in [6.07, 6.45) is 1.52. The van der Waals surface area contributed by atoms with Crippen molar-refractivity contribution in [1.82, 2.24) is 20.6 Å². The van der Waals surface area contributed by atoms with Crippen LogP contribution < -0.4 is 10.2 Å². The van der Waals surface area contributed by atoms with Crippen molar-refractivity contribution in [2.75, 3.05) is 16.8 Å². The van der Waals surface area contributed by atoms with E-state index in [1.54, 1.807) is 4.90 Å². The fraction of sp³-hybridized carbons (Fsp3) is 0.312. The third-order valence-electron chi connectivity index (χ3n) is 4.15. The molecular weight excluding hydrogens is 306 g/mol. The van der Waals surface area contributed by atoms with Crippen LogP contribution in [-0.4, -0.2) is 33.1 Å². The summed E-state index contributed by atoms with van der Waals surface area (Å²) < 4.78 is 0. The van der Waals surface area contributed by atoms with Crippen LogP contribution in [0.1, 0.15) is 32.2 Å². The van der Waals surface area contributed by atoms with E-state index < -0.39 is 5.41 Å². The summed E-state index contributed by atoms with van der Waals surface area (Å²) in [6.45, 7) is 6.44. The normalized spacial score (nSPS) is 16.0. The largest absolute Gasteiger partial charge is 0.360 e. The van der Waals surface area contributed by atoms with Gasteiger partial charge in [-0.25, -0.2) is 0 Å². The number of nitrogens with zero attached hydrogens (tertiary/aromatic N) is 5. The molecule has 24 heavy (non-hydrogen) atoms. The Kier molecular flexibility index (Phi) is 3.77. The minimum atomic E-state index is -0.571. The van der Waals surface area contributed by atoms with Crippen molar-refractivity contribution in [2.45, 2.75) is 26.2 Å². The number of tetrazole rings is 1. The topological polar surface area (TPSA) is 111 Å². The lowest BCUT2D eigenvalue weighted by molar-refractivity contribution is -0.122. The SMILES string of the molecule is CCN1C(=O)C(C)(C)c2cc(NC=C(C#N)c3nn[nH]n3)ccc21. The van der Waals surface area contributed by atoms with Gasteiger partial charge in [-0.3, -0.25) is 4.79 Å². The molecule has 0 radical (unpaired) electrons. The zero-order valence-corrected chi connectivity index (χ0v) is 13.7. The number of fused-ring (bicyclic) bond motifs is 1. The molecule has 0 spiro atoms. The van der Waals surface area contributed by atoms with Gasteiger partial charge in [0, 0.05) is 24.1 Å². The van der Waals surface area contributed by atoms with Crippen LogP contribution in [0.25, 0.3) is 5.57 Å². The van der Waals surface area contributed by atoms with Crippen LogP contribution in [0.4, 0.5) is 11.4 Å². The summed E-state index contributed by atoms with van der Waals surface area (Å²) in [5, 5.41) is 25.6. The molecule has 2 aromatic rings. The third kappa shape index (κ3) is 2.40. The Morgan fingerprint density at radius 1 is 1.50 bits per heavy atom. The molecule has 0 bridgehead atoms. The zero-order chi connectivity index (χ0) is 17.3. The number of nitrogens with one attached hydrogen (secondary N) is 2. The number of carbonyl (C=O) groups excluding carboxylic acids is 1. The van der Waals surface area contributed by atoms with Crippen LogP contribution in [0.5, 0.6) is 0 Å². The van der Waals surface area contributed by atoms with Crippen LogP contribution in [0.2, 0.25) is 0 Å².